The van der Waals surface area contributed by atoms with E-state index in [1.54, 1.807) is 0 Å². The molecule has 0 spiro atoms. The third-order valence-electron chi connectivity index (χ3n) is 2.95. The number of benzene rings is 1. The van der Waals surface area contributed by atoms with Crippen molar-refractivity contribution in [1.82, 2.24) is 15.0 Å². The Balaban J connectivity index is 2.33. The topological polar surface area (TPSA) is 89.2 Å². The molecule has 0 aliphatic rings. The van der Waals surface area contributed by atoms with Crippen molar-refractivity contribution in [2.45, 2.75) is 13.3 Å². The minimum atomic E-state index is 0.208. The van der Waals surface area contributed by atoms with Crippen LogP contribution in [-0.2, 0) is 6.42 Å². The highest BCUT2D eigenvalue weighted by molar-refractivity contribution is 5.57. The lowest BCUT2D eigenvalue weighted by molar-refractivity contribution is 0.379. The predicted molar refractivity (Wildman–Crippen MR) is 78.1 cm³/mol. The number of methoxy groups -OCH3 is 1. The Hall–Kier alpha value is -2.41. The van der Waals surface area contributed by atoms with E-state index in [1.807, 2.05) is 24.1 Å². The third kappa shape index (κ3) is 2.94. The molecule has 2 rings (SSSR count). The molecule has 20 heavy (non-hydrogen) atoms. The molecule has 0 unspecified atom stereocenters. The van der Waals surface area contributed by atoms with E-state index >= 15 is 0 Å². The number of hydrogen-bond donors (Lipinski definition) is 2. The van der Waals surface area contributed by atoms with E-state index < -0.39 is 0 Å². The van der Waals surface area contributed by atoms with E-state index in [-0.39, 0.29) is 12.0 Å². The summed E-state index contributed by atoms with van der Waals surface area (Å²) >= 11 is 0. The highest BCUT2D eigenvalue weighted by atomic mass is 16.5. The summed E-state index contributed by atoms with van der Waals surface area (Å²) in [5, 5.41) is 0. The van der Waals surface area contributed by atoms with Crippen molar-refractivity contribution >= 4 is 17.6 Å². The molecular weight excluding hydrogens is 256 g/mol. The van der Waals surface area contributed by atoms with Crippen LogP contribution in [0.25, 0.3) is 0 Å². The number of rotatable bonds is 5. The van der Waals surface area contributed by atoms with Crippen molar-refractivity contribution in [1.29, 1.82) is 0 Å². The first-order chi connectivity index (χ1) is 9.67. The van der Waals surface area contributed by atoms with Crippen molar-refractivity contribution < 1.29 is 4.74 Å². The van der Waals surface area contributed by atoms with Crippen LogP contribution >= 0.6 is 0 Å². The standard InChI is InChI=1S/C13H18N6O/c1-4-9-5-7-10(8-6-9)19(2)12-15-11(18-14)16-13(17-12)20-3/h5-8H,4,14H2,1-3H3,(H,15,16,17,18). The SMILES string of the molecule is CCc1ccc(N(C)c2nc(NN)nc(OC)n2)cc1. The highest BCUT2D eigenvalue weighted by Gasteiger charge is 2.11. The Labute approximate surface area is 117 Å². The molecule has 0 saturated heterocycles. The van der Waals surface area contributed by atoms with Gasteiger partial charge in [0.1, 0.15) is 0 Å². The predicted octanol–water partition coefficient (Wildman–Crippen LogP) is 1.50. The van der Waals surface area contributed by atoms with Crippen LogP contribution in [0, 0.1) is 0 Å². The molecule has 0 aliphatic carbocycles. The lowest BCUT2D eigenvalue weighted by Gasteiger charge is -2.18. The average Bonchev–Trinajstić information content (AvgIpc) is 2.53. The summed E-state index contributed by atoms with van der Waals surface area (Å²) in [6, 6.07) is 8.40. The van der Waals surface area contributed by atoms with E-state index in [1.165, 1.54) is 12.7 Å². The lowest BCUT2D eigenvalue weighted by Crippen LogP contribution is -2.18. The maximum Gasteiger partial charge on any atom is 0.322 e. The van der Waals surface area contributed by atoms with Crippen LogP contribution in [-0.4, -0.2) is 29.1 Å². The molecule has 1 aromatic carbocycles. The van der Waals surface area contributed by atoms with Gasteiger partial charge in [-0.05, 0) is 24.1 Å². The van der Waals surface area contributed by atoms with Crippen LogP contribution in [0.1, 0.15) is 12.5 Å². The normalized spacial score (nSPS) is 10.2. The summed E-state index contributed by atoms with van der Waals surface area (Å²) in [7, 11) is 3.37. The van der Waals surface area contributed by atoms with Gasteiger partial charge in [-0.2, -0.15) is 15.0 Å². The fraction of sp³-hybridized carbons (Fsp3) is 0.308. The number of nitrogen functional groups attached to an aromatic ring is 1. The van der Waals surface area contributed by atoms with Crippen LogP contribution in [0.5, 0.6) is 6.01 Å². The molecule has 0 atom stereocenters. The van der Waals surface area contributed by atoms with Gasteiger partial charge in [0.2, 0.25) is 11.9 Å². The Bertz CT molecular complexity index is 549. The third-order valence-corrected chi connectivity index (χ3v) is 2.95. The van der Waals surface area contributed by atoms with Gasteiger partial charge >= 0.3 is 6.01 Å². The fourth-order valence-electron chi connectivity index (χ4n) is 1.72. The minimum absolute atomic E-state index is 0.208. The molecule has 0 amide bonds. The first kappa shape index (κ1) is 14.0. The van der Waals surface area contributed by atoms with Gasteiger partial charge in [0, 0.05) is 12.7 Å². The van der Waals surface area contributed by atoms with Gasteiger partial charge in [0.05, 0.1) is 7.11 Å². The van der Waals surface area contributed by atoms with Gasteiger partial charge in [-0.25, -0.2) is 5.84 Å². The quantitative estimate of drug-likeness (QED) is 0.630. The van der Waals surface area contributed by atoms with Gasteiger partial charge in [0.25, 0.3) is 0 Å². The van der Waals surface area contributed by atoms with Gasteiger partial charge < -0.3 is 9.64 Å². The number of nitrogens with one attached hydrogen (secondary N) is 1. The van der Waals surface area contributed by atoms with E-state index in [4.69, 9.17) is 10.6 Å². The number of nitrogens with two attached hydrogens (primary N) is 1. The molecule has 7 heteroatoms. The second kappa shape index (κ2) is 6.16. The van der Waals surface area contributed by atoms with Crippen molar-refractivity contribution in [3.05, 3.63) is 29.8 Å². The lowest BCUT2D eigenvalue weighted by atomic mass is 10.1. The first-order valence-electron chi connectivity index (χ1n) is 6.27. The molecule has 0 bridgehead atoms. The summed E-state index contributed by atoms with van der Waals surface area (Å²) < 4.78 is 5.04. The molecule has 1 heterocycles. The molecular formula is C13H18N6O. The molecule has 106 valence electrons. The number of hydrogen-bond acceptors (Lipinski definition) is 7. The van der Waals surface area contributed by atoms with Crippen LogP contribution in [0.3, 0.4) is 0 Å². The van der Waals surface area contributed by atoms with Crippen LogP contribution in [0.4, 0.5) is 17.6 Å². The summed E-state index contributed by atoms with van der Waals surface area (Å²) in [5.74, 6) is 6.05. The van der Waals surface area contributed by atoms with Crippen LogP contribution in [0.2, 0.25) is 0 Å². The zero-order valence-electron chi connectivity index (χ0n) is 11.8. The zero-order valence-corrected chi connectivity index (χ0v) is 11.8. The zero-order chi connectivity index (χ0) is 14.5. The van der Waals surface area contributed by atoms with Gasteiger partial charge in [0.15, 0.2) is 0 Å². The number of aryl methyl sites for hydroxylation is 1. The maximum absolute atomic E-state index is 5.34. The number of aromatic nitrogens is 3. The van der Waals surface area contributed by atoms with Gasteiger partial charge in [-0.1, -0.05) is 19.1 Å². The monoisotopic (exact) mass is 274 g/mol. The second-order valence-electron chi connectivity index (χ2n) is 4.17. The highest BCUT2D eigenvalue weighted by Crippen LogP contribution is 2.22. The van der Waals surface area contributed by atoms with Crippen LogP contribution in [0.15, 0.2) is 24.3 Å². The minimum Gasteiger partial charge on any atom is -0.467 e. The van der Waals surface area contributed by atoms with E-state index in [0.29, 0.717) is 5.95 Å². The molecule has 7 nitrogen and oxygen atoms in total. The molecule has 1 aromatic heterocycles. The molecule has 3 N–H and O–H groups in total. The Morgan fingerprint density at radius 1 is 1.20 bits per heavy atom. The maximum atomic E-state index is 5.34. The van der Waals surface area contributed by atoms with E-state index in [9.17, 15) is 0 Å². The Morgan fingerprint density at radius 2 is 1.90 bits per heavy atom. The Kier molecular flexibility index (Phi) is 4.31. The van der Waals surface area contributed by atoms with E-state index in [0.717, 1.165) is 12.1 Å². The number of hydrazine groups is 1. The van der Waals surface area contributed by atoms with Crippen molar-refractivity contribution in [3.8, 4) is 6.01 Å². The largest absolute Gasteiger partial charge is 0.467 e. The fourth-order valence-corrected chi connectivity index (χ4v) is 1.72. The van der Waals surface area contributed by atoms with Crippen molar-refractivity contribution in [3.63, 3.8) is 0 Å². The van der Waals surface area contributed by atoms with Crippen LogP contribution < -0.4 is 20.9 Å². The van der Waals surface area contributed by atoms with Gasteiger partial charge in [-0.3, -0.25) is 5.43 Å². The number of nitrogens with zero attached hydrogens (tertiary/aromatic N) is 4. The molecule has 0 fully saturated rings. The number of anilines is 3. The Morgan fingerprint density at radius 3 is 2.45 bits per heavy atom. The molecule has 0 aliphatic heterocycles. The summed E-state index contributed by atoms with van der Waals surface area (Å²) in [4.78, 5) is 14.2. The molecule has 2 aromatic rings. The smallest absolute Gasteiger partial charge is 0.322 e. The molecule has 0 saturated carbocycles. The summed E-state index contributed by atoms with van der Waals surface area (Å²) in [5.41, 5.74) is 4.65. The summed E-state index contributed by atoms with van der Waals surface area (Å²) in [6.45, 7) is 2.12. The molecule has 0 radical (unpaired) electrons. The number of ether oxygens (including phenoxy) is 1. The van der Waals surface area contributed by atoms with Crippen molar-refractivity contribution in [2.24, 2.45) is 5.84 Å². The van der Waals surface area contributed by atoms with E-state index in [2.05, 4.69) is 39.4 Å². The summed E-state index contributed by atoms with van der Waals surface area (Å²) in [6.07, 6.45) is 1.00. The van der Waals surface area contributed by atoms with Crippen molar-refractivity contribution in [2.75, 3.05) is 24.5 Å². The average molecular weight is 274 g/mol. The first-order valence-corrected chi connectivity index (χ1v) is 6.27. The second-order valence-corrected chi connectivity index (χ2v) is 4.17. The van der Waals surface area contributed by atoms with Gasteiger partial charge in [-0.15, -0.1) is 0 Å².